The molecule has 0 fully saturated rings. The molecule has 0 saturated carbocycles. The van der Waals surface area contributed by atoms with Crippen LogP contribution in [0.1, 0.15) is 6.92 Å². The molecule has 1 aliphatic heterocycles. The molecule has 15 heavy (non-hydrogen) atoms. The second-order valence-electron chi connectivity index (χ2n) is 3.20. The zero-order valence-corrected chi connectivity index (χ0v) is 9.65. The Morgan fingerprint density at radius 2 is 2.00 bits per heavy atom. The number of cyclic esters (lactones) is 1. The van der Waals surface area contributed by atoms with E-state index in [4.69, 9.17) is 9.47 Å². The molecule has 1 heterocycles. The van der Waals surface area contributed by atoms with Crippen molar-refractivity contribution in [3.8, 4) is 5.75 Å². The highest BCUT2D eigenvalue weighted by atomic mass is 79.9. The van der Waals surface area contributed by atoms with E-state index in [2.05, 4.69) is 15.9 Å². The summed E-state index contributed by atoms with van der Waals surface area (Å²) in [5.41, 5.74) is 0.581. The van der Waals surface area contributed by atoms with Crippen molar-refractivity contribution in [2.75, 3.05) is 0 Å². The van der Waals surface area contributed by atoms with Crippen LogP contribution in [0.4, 0.5) is 0 Å². The van der Waals surface area contributed by atoms with E-state index in [9.17, 15) is 4.79 Å². The minimum Gasteiger partial charge on any atom is -0.451 e. The predicted octanol–water partition coefficient (Wildman–Crippen LogP) is 2.66. The minimum absolute atomic E-state index is 0.322. The molecular weight excluding hydrogens is 260 g/mol. The number of carbonyl (C=O) groups is 1. The summed E-state index contributed by atoms with van der Waals surface area (Å²) in [4.78, 5) is 11.1. The van der Waals surface area contributed by atoms with Gasteiger partial charge in [0, 0.05) is 16.1 Å². The zero-order chi connectivity index (χ0) is 10.8. The first kappa shape index (κ1) is 10.2. The highest BCUT2D eigenvalue weighted by Crippen LogP contribution is 2.20. The summed E-state index contributed by atoms with van der Waals surface area (Å²) in [7, 11) is 0. The Morgan fingerprint density at radius 3 is 2.53 bits per heavy atom. The minimum atomic E-state index is -0.598. The topological polar surface area (TPSA) is 35.5 Å². The lowest BCUT2D eigenvalue weighted by Gasteiger charge is -2.10. The summed E-state index contributed by atoms with van der Waals surface area (Å²) in [5, 5.41) is 0. The summed E-state index contributed by atoms with van der Waals surface area (Å²) in [5.74, 6) is 0.346. The number of hydrogen-bond donors (Lipinski definition) is 0. The van der Waals surface area contributed by atoms with E-state index in [1.165, 1.54) is 0 Å². The number of hydrogen-bond acceptors (Lipinski definition) is 3. The van der Waals surface area contributed by atoms with Crippen molar-refractivity contribution in [2.45, 2.75) is 13.2 Å². The third-order valence-electron chi connectivity index (χ3n) is 2.00. The van der Waals surface area contributed by atoms with Crippen LogP contribution in [0, 0.1) is 0 Å². The quantitative estimate of drug-likeness (QED) is 0.774. The van der Waals surface area contributed by atoms with Gasteiger partial charge in [0.15, 0.2) is 0 Å². The Balaban J connectivity index is 2.05. The predicted molar refractivity (Wildman–Crippen MR) is 58.4 cm³/mol. The first-order chi connectivity index (χ1) is 7.15. The molecule has 0 spiro atoms. The van der Waals surface area contributed by atoms with Crippen LogP contribution in [0.25, 0.3) is 0 Å². The molecule has 0 amide bonds. The van der Waals surface area contributed by atoms with Gasteiger partial charge in [0.2, 0.25) is 0 Å². The van der Waals surface area contributed by atoms with Crippen molar-refractivity contribution in [2.24, 2.45) is 0 Å². The molecule has 78 valence electrons. The van der Waals surface area contributed by atoms with Crippen LogP contribution >= 0.6 is 15.9 Å². The third kappa shape index (κ3) is 2.39. The van der Waals surface area contributed by atoms with E-state index in [0.717, 1.165) is 4.47 Å². The van der Waals surface area contributed by atoms with Crippen LogP contribution in [-0.4, -0.2) is 12.3 Å². The van der Waals surface area contributed by atoms with Gasteiger partial charge in [0.1, 0.15) is 5.75 Å². The fraction of sp³-hybridized carbons (Fsp3) is 0.182. The average molecular weight is 269 g/mol. The van der Waals surface area contributed by atoms with Gasteiger partial charge >= 0.3 is 5.97 Å². The second-order valence-corrected chi connectivity index (χ2v) is 4.11. The molecular formula is C11H9BrO3. The molecule has 1 atom stereocenters. The van der Waals surface area contributed by atoms with Gasteiger partial charge in [-0.3, -0.25) is 0 Å². The molecule has 0 saturated heterocycles. The van der Waals surface area contributed by atoms with Gasteiger partial charge in [0.05, 0.1) is 0 Å². The maximum absolute atomic E-state index is 11.1. The highest BCUT2D eigenvalue weighted by molar-refractivity contribution is 9.10. The Morgan fingerprint density at radius 1 is 1.33 bits per heavy atom. The summed E-state index contributed by atoms with van der Waals surface area (Å²) >= 11 is 3.32. The molecule has 0 N–H and O–H groups in total. The molecule has 0 radical (unpaired) electrons. The second kappa shape index (κ2) is 4.06. The average Bonchev–Trinajstić information content (AvgIpc) is 2.50. The van der Waals surface area contributed by atoms with Crippen LogP contribution in [0.2, 0.25) is 0 Å². The smallest absolute Gasteiger partial charge is 0.336 e. The van der Waals surface area contributed by atoms with Crippen molar-refractivity contribution < 1.29 is 14.3 Å². The first-order valence-electron chi connectivity index (χ1n) is 4.47. The van der Waals surface area contributed by atoms with Crippen molar-refractivity contribution in [3.05, 3.63) is 40.4 Å². The molecule has 1 aromatic rings. The number of carbonyl (C=O) groups excluding carboxylic acids is 1. The molecule has 0 unspecified atom stereocenters. The molecule has 4 heteroatoms. The Labute approximate surface area is 95.8 Å². The monoisotopic (exact) mass is 268 g/mol. The molecule has 1 aromatic carbocycles. The van der Waals surface area contributed by atoms with Crippen LogP contribution in [0.5, 0.6) is 5.75 Å². The van der Waals surface area contributed by atoms with E-state index in [-0.39, 0.29) is 5.97 Å². The molecule has 2 rings (SSSR count). The number of esters is 1. The van der Waals surface area contributed by atoms with Crippen LogP contribution < -0.4 is 4.74 Å². The van der Waals surface area contributed by atoms with Gasteiger partial charge < -0.3 is 9.47 Å². The lowest BCUT2D eigenvalue weighted by atomic mass is 10.3. The highest BCUT2D eigenvalue weighted by Gasteiger charge is 2.23. The summed E-state index contributed by atoms with van der Waals surface area (Å²) < 4.78 is 11.3. The third-order valence-corrected chi connectivity index (χ3v) is 2.53. The lowest BCUT2D eigenvalue weighted by Crippen LogP contribution is -2.15. The van der Waals surface area contributed by atoms with E-state index >= 15 is 0 Å². The van der Waals surface area contributed by atoms with Crippen LogP contribution in [0.15, 0.2) is 40.4 Å². The Bertz CT molecular complexity index is 408. The van der Waals surface area contributed by atoms with Crippen LogP contribution in [-0.2, 0) is 9.53 Å². The van der Waals surface area contributed by atoms with Gasteiger partial charge in [0.25, 0.3) is 6.29 Å². The molecule has 0 aromatic heterocycles. The van der Waals surface area contributed by atoms with Gasteiger partial charge in [-0.05, 0) is 31.2 Å². The normalized spacial score (nSPS) is 19.7. The standard InChI is InChI=1S/C11H9BrO3/c1-7-6-10(15-11(7)13)14-9-4-2-8(12)3-5-9/h2-6,10H,1H3/t10-/m0/s1. The maximum atomic E-state index is 11.1. The number of ether oxygens (including phenoxy) is 2. The molecule has 0 bridgehead atoms. The van der Waals surface area contributed by atoms with E-state index < -0.39 is 6.29 Å². The van der Waals surface area contributed by atoms with E-state index in [0.29, 0.717) is 11.3 Å². The number of halogens is 1. The van der Waals surface area contributed by atoms with Gasteiger partial charge in [-0.25, -0.2) is 4.79 Å². The maximum Gasteiger partial charge on any atom is 0.336 e. The van der Waals surface area contributed by atoms with Crippen molar-refractivity contribution in [3.63, 3.8) is 0 Å². The van der Waals surface area contributed by atoms with E-state index in [1.54, 1.807) is 25.1 Å². The fourth-order valence-corrected chi connectivity index (χ4v) is 1.47. The largest absolute Gasteiger partial charge is 0.451 e. The number of rotatable bonds is 2. The Hall–Kier alpha value is -1.29. The van der Waals surface area contributed by atoms with Crippen molar-refractivity contribution >= 4 is 21.9 Å². The summed E-state index contributed by atoms with van der Waals surface area (Å²) in [6.07, 6.45) is 1.06. The molecule has 1 aliphatic rings. The fourth-order valence-electron chi connectivity index (χ4n) is 1.21. The zero-order valence-electron chi connectivity index (χ0n) is 8.07. The SMILES string of the molecule is CC1=C[C@@H](Oc2ccc(Br)cc2)OC1=O. The number of benzene rings is 1. The van der Waals surface area contributed by atoms with Crippen LogP contribution in [0.3, 0.4) is 0 Å². The molecule has 3 nitrogen and oxygen atoms in total. The van der Waals surface area contributed by atoms with Crippen molar-refractivity contribution in [1.82, 2.24) is 0 Å². The van der Waals surface area contributed by atoms with Gasteiger partial charge in [-0.1, -0.05) is 15.9 Å². The van der Waals surface area contributed by atoms with E-state index in [1.807, 2.05) is 12.1 Å². The van der Waals surface area contributed by atoms with Crippen molar-refractivity contribution in [1.29, 1.82) is 0 Å². The molecule has 0 aliphatic carbocycles. The summed E-state index contributed by atoms with van der Waals surface area (Å²) in [6, 6.07) is 7.34. The lowest BCUT2D eigenvalue weighted by molar-refractivity contribution is -0.148. The van der Waals surface area contributed by atoms with Gasteiger partial charge in [-0.2, -0.15) is 0 Å². The Kier molecular flexibility index (Phi) is 2.77. The van der Waals surface area contributed by atoms with Gasteiger partial charge in [-0.15, -0.1) is 0 Å². The first-order valence-corrected chi connectivity index (χ1v) is 5.26. The summed E-state index contributed by atoms with van der Waals surface area (Å²) in [6.45, 7) is 1.70.